The van der Waals surface area contributed by atoms with E-state index in [-0.39, 0.29) is 22.1 Å². The van der Waals surface area contributed by atoms with Crippen molar-refractivity contribution in [2.75, 3.05) is 0 Å². The van der Waals surface area contributed by atoms with E-state index in [1.807, 2.05) is 0 Å². The van der Waals surface area contributed by atoms with Gasteiger partial charge in [-0.15, -0.1) is 0 Å². The lowest BCUT2D eigenvalue weighted by molar-refractivity contribution is -0.385. The number of para-hydroxylation sites is 1. The van der Waals surface area contributed by atoms with E-state index in [0.29, 0.717) is 0 Å². The lowest BCUT2D eigenvalue weighted by Crippen LogP contribution is -1.96. The third kappa shape index (κ3) is 2.53. The van der Waals surface area contributed by atoms with Crippen molar-refractivity contribution in [3.05, 3.63) is 62.9 Å². The number of rotatable bonds is 3. The molecule has 0 saturated heterocycles. The Morgan fingerprint density at radius 1 is 1.25 bits per heavy atom. The van der Waals surface area contributed by atoms with Gasteiger partial charge in [0.15, 0.2) is 0 Å². The molecule has 0 aromatic heterocycles. The molecule has 7 heteroatoms. The van der Waals surface area contributed by atoms with Gasteiger partial charge < -0.3 is 4.74 Å². The predicted octanol–water partition coefficient (Wildman–Crippen LogP) is 4.05. The fraction of sp³-hybridized carbons (Fsp3) is 0. The predicted molar refractivity (Wildman–Crippen MR) is 69.3 cm³/mol. The van der Waals surface area contributed by atoms with Crippen LogP contribution in [0.2, 0.25) is 5.02 Å². The SMILES string of the molecule is N#Cc1c(F)cccc1Oc1cccc(Cl)c1[N+](=O)[O-]. The molecule has 20 heavy (non-hydrogen) atoms. The molecule has 0 fully saturated rings. The molecule has 0 aliphatic carbocycles. The number of ether oxygens (including phenoxy) is 1. The highest BCUT2D eigenvalue weighted by Crippen LogP contribution is 2.38. The summed E-state index contributed by atoms with van der Waals surface area (Å²) >= 11 is 5.73. The maximum absolute atomic E-state index is 13.4. The third-order valence-electron chi connectivity index (χ3n) is 2.44. The van der Waals surface area contributed by atoms with Crippen molar-refractivity contribution >= 4 is 17.3 Å². The zero-order valence-electron chi connectivity index (χ0n) is 9.84. The maximum Gasteiger partial charge on any atom is 0.329 e. The molecule has 0 aliphatic heterocycles. The topological polar surface area (TPSA) is 76.2 Å². The van der Waals surface area contributed by atoms with Crippen LogP contribution < -0.4 is 4.74 Å². The molecule has 0 spiro atoms. The van der Waals surface area contributed by atoms with E-state index in [4.69, 9.17) is 21.6 Å². The van der Waals surface area contributed by atoms with Crippen LogP contribution in [0.4, 0.5) is 10.1 Å². The summed E-state index contributed by atoms with van der Waals surface area (Å²) in [7, 11) is 0. The highest BCUT2D eigenvalue weighted by molar-refractivity contribution is 6.32. The van der Waals surface area contributed by atoms with Crippen molar-refractivity contribution in [1.82, 2.24) is 0 Å². The van der Waals surface area contributed by atoms with Gasteiger partial charge in [0, 0.05) is 0 Å². The van der Waals surface area contributed by atoms with Crippen molar-refractivity contribution in [2.24, 2.45) is 0 Å². The van der Waals surface area contributed by atoms with Gasteiger partial charge in [0.05, 0.1) is 4.92 Å². The molecule has 0 aliphatic rings. The van der Waals surface area contributed by atoms with Crippen LogP contribution in [0.1, 0.15) is 5.56 Å². The van der Waals surface area contributed by atoms with Crippen molar-refractivity contribution in [3.8, 4) is 17.6 Å². The van der Waals surface area contributed by atoms with Crippen LogP contribution in [-0.4, -0.2) is 4.92 Å². The summed E-state index contributed by atoms with van der Waals surface area (Å²) in [5, 5.41) is 19.7. The molecule has 2 rings (SSSR count). The zero-order chi connectivity index (χ0) is 14.7. The minimum Gasteiger partial charge on any atom is -0.449 e. The Balaban J connectivity index is 2.52. The standard InChI is InChI=1S/C13H6ClFN2O3/c14-9-3-1-6-12(13(9)17(18)19)20-11-5-2-4-10(15)8(11)7-16/h1-6H. The second-order valence-electron chi connectivity index (χ2n) is 3.67. The highest BCUT2D eigenvalue weighted by atomic mass is 35.5. The Morgan fingerprint density at radius 3 is 2.55 bits per heavy atom. The van der Waals surface area contributed by atoms with Crippen LogP contribution >= 0.6 is 11.6 Å². The normalized spacial score (nSPS) is 9.85. The molecule has 0 heterocycles. The Bertz CT molecular complexity index is 728. The molecular weight excluding hydrogens is 287 g/mol. The lowest BCUT2D eigenvalue weighted by atomic mass is 10.2. The average Bonchev–Trinajstić information content (AvgIpc) is 2.38. The highest BCUT2D eigenvalue weighted by Gasteiger charge is 2.21. The maximum atomic E-state index is 13.4. The minimum absolute atomic E-state index is 0.109. The van der Waals surface area contributed by atoms with Crippen molar-refractivity contribution in [2.45, 2.75) is 0 Å². The van der Waals surface area contributed by atoms with Gasteiger partial charge in [-0.05, 0) is 24.3 Å². The van der Waals surface area contributed by atoms with E-state index in [1.165, 1.54) is 30.3 Å². The first kappa shape index (κ1) is 13.8. The summed E-state index contributed by atoms with van der Waals surface area (Å²) in [4.78, 5) is 10.3. The monoisotopic (exact) mass is 292 g/mol. The van der Waals surface area contributed by atoms with E-state index in [0.717, 1.165) is 6.07 Å². The van der Waals surface area contributed by atoms with Crippen LogP contribution in [0.25, 0.3) is 0 Å². The summed E-state index contributed by atoms with van der Waals surface area (Å²) in [6, 6.07) is 9.52. The van der Waals surface area contributed by atoms with Crippen LogP contribution in [0.15, 0.2) is 36.4 Å². The summed E-state index contributed by atoms with van der Waals surface area (Å²) < 4.78 is 18.7. The van der Waals surface area contributed by atoms with Crippen LogP contribution in [-0.2, 0) is 0 Å². The number of benzene rings is 2. The zero-order valence-corrected chi connectivity index (χ0v) is 10.6. The first-order valence-electron chi connectivity index (χ1n) is 5.34. The number of hydrogen-bond acceptors (Lipinski definition) is 4. The second-order valence-corrected chi connectivity index (χ2v) is 4.08. The third-order valence-corrected chi connectivity index (χ3v) is 2.74. The Labute approximate surface area is 117 Å². The molecule has 0 bridgehead atoms. The molecule has 0 atom stereocenters. The number of nitro groups is 1. The molecule has 0 amide bonds. The smallest absolute Gasteiger partial charge is 0.329 e. The molecule has 100 valence electrons. The van der Waals surface area contributed by atoms with Gasteiger partial charge in [0.1, 0.15) is 28.2 Å². The lowest BCUT2D eigenvalue weighted by Gasteiger charge is -2.08. The van der Waals surface area contributed by atoms with Crippen LogP contribution in [0.5, 0.6) is 11.5 Å². The van der Waals surface area contributed by atoms with E-state index >= 15 is 0 Å². The molecule has 0 radical (unpaired) electrons. The summed E-state index contributed by atoms with van der Waals surface area (Å²) in [5.74, 6) is -1.04. The number of nitrogens with zero attached hydrogens (tertiary/aromatic N) is 2. The molecule has 0 unspecified atom stereocenters. The van der Waals surface area contributed by atoms with Crippen molar-refractivity contribution < 1.29 is 14.1 Å². The molecular formula is C13H6ClFN2O3. The largest absolute Gasteiger partial charge is 0.449 e. The second kappa shape index (κ2) is 5.55. The Morgan fingerprint density at radius 2 is 1.90 bits per heavy atom. The summed E-state index contributed by atoms with van der Waals surface area (Å²) in [6.45, 7) is 0. The van der Waals surface area contributed by atoms with Gasteiger partial charge in [-0.3, -0.25) is 10.1 Å². The van der Waals surface area contributed by atoms with Gasteiger partial charge in [-0.25, -0.2) is 4.39 Å². The first-order chi connectivity index (χ1) is 9.54. The summed E-state index contributed by atoms with van der Waals surface area (Å²) in [5.41, 5.74) is -0.774. The van der Waals surface area contributed by atoms with Crippen molar-refractivity contribution in [1.29, 1.82) is 5.26 Å². The number of nitro benzene ring substituents is 1. The number of nitriles is 1. The number of halogens is 2. The van der Waals surface area contributed by atoms with E-state index in [9.17, 15) is 14.5 Å². The number of hydrogen-bond donors (Lipinski definition) is 0. The fourth-order valence-electron chi connectivity index (χ4n) is 1.57. The van der Waals surface area contributed by atoms with Gasteiger partial charge in [-0.1, -0.05) is 23.7 Å². The van der Waals surface area contributed by atoms with E-state index in [1.54, 1.807) is 6.07 Å². The average molecular weight is 293 g/mol. The van der Waals surface area contributed by atoms with Crippen LogP contribution in [0, 0.1) is 27.3 Å². The van der Waals surface area contributed by atoms with E-state index < -0.39 is 16.4 Å². The van der Waals surface area contributed by atoms with E-state index in [2.05, 4.69) is 0 Å². The fourth-order valence-corrected chi connectivity index (χ4v) is 1.81. The van der Waals surface area contributed by atoms with Gasteiger partial charge >= 0.3 is 5.69 Å². The summed E-state index contributed by atoms with van der Waals surface area (Å²) in [6.07, 6.45) is 0. The van der Waals surface area contributed by atoms with Crippen LogP contribution in [0.3, 0.4) is 0 Å². The quantitative estimate of drug-likeness (QED) is 0.631. The van der Waals surface area contributed by atoms with Crippen molar-refractivity contribution in [3.63, 3.8) is 0 Å². The Hall–Kier alpha value is -2.65. The first-order valence-corrected chi connectivity index (χ1v) is 5.71. The van der Waals surface area contributed by atoms with Gasteiger partial charge in [-0.2, -0.15) is 5.26 Å². The molecule has 0 N–H and O–H groups in total. The molecule has 2 aromatic rings. The molecule has 0 saturated carbocycles. The van der Waals surface area contributed by atoms with Gasteiger partial charge in [0.2, 0.25) is 5.75 Å². The minimum atomic E-state index is -0.769. The molecule has 5 nitrogen and oxygen atoms in total. The van der Waals surface area contributed by atoms with Gasteiger partial charge in [0.25, 0.3) is 0 Å². The Kier molecular flexibility index (Phi) is 3.82. The molecule has 2 aromatic carbocycles.